The molecule has 3 aromatic carbocycles. The Morgan fingerprint density at radius 1 is 1.07 bits per heavy atom. The van der Waals surface area contributed by atoms with Crippen LogP contribution in [0, 0.1) is 0 Å². The number of halogens is 2. The van der Waals surface area contributed by atoms with Crippen LogP contribution in [0.4, 0.5) is 5.69 Å². The first-order valence-corrected chi connectivity index (χ1v) is 14.8. The van der Waals surface area contributed by atoms with E-state index in [0.29, 0.717) is 43.6 Å². The van der Waals surface area contributed by atoms with E-state index in [1.165, 1.54) is 16.7 Å². The molecule has 1 N–H and O–H groups in total. The summed E-state index contributed by atoms with van der Waals surface area (Å²) in [6.45, 7) is -0.0671. The Labute approximate surface area is 265 Å². The second-order valence-electron chi connectivity index (χ2n) is 8.98. The monoisotopic (exact) mass is 678 g/mol. The van der Waals surface area contributed by atoms with Gasteiger partial charge in [0.15, 0.2) is 11.8 Å². The number of rotatable bonds is 10. The molecule has 0 aliphatic carbocycles. The van der Waals surface area contributed by atoms with Crippen LogP contribution in [0.1, 0.15) is 16.9 Å². The summed E-state index contributed by atoms with van der Waals surface area (Å²) in [6.07, 6.45) is 4.81. The SMILES string of the molecule is COc1ccccc1/C=N\N=C1\S/C(=C\c2cc(Br)ccc2OCC(=O)Nc2ccc(Cl)cc2)C(=O)N1Cc1ccco1. The van der Waals surface area contributed by atoms with Crippen molar-refractivity contribution in [1.29, 1.82) is 0 Å². The van der Waals surface area contributed by atoms with Gasteiger partial charge in [-0.2, -0.15) is 5.10 Å². The van der Waals surface area contributed by atoms with E-state index in [0.717, 1.165) is 10.0 Å². The van der Waals surface area contributed by atoms with Crippen LogP contribution in [0.3, 0.4) is 0 Å². The fraction of sp³-hybridized carbons (Fsp3) is 0.0968. The van der Waals surface area contributed by atoms with Crippen molar-refractivity contribution in [2.75, 3.05) is 19.0 Å². The molecule has 1 saturated heterocycles. The fourth-order valence-electron chi connectivity index (χ4n) is 3.97. The second-order valence-corrected chi connectivity index (χ2v) is 11.3. The highest BCUT2D eigenvalue weighted by molar-refractivity contribution is 9.10. The maximum Gasteiger partial charge on any atom is 0.267 e. The number of hydrogen-bond donors (Lipinski definition) is 1. The number of hydrogen-bond acceptors (Lipinski definition) is 8. The number of benzene rings is 3. The van der Waals surface area contributed by atoms with Gasteiger partial charge in [-0.05, 0) is 84.6 Å². The normalized spacial score (nSPS) is 15.0. The molecule has 4 aromatic rings. The van der Waals surface area contributed by atoms with E-state index in [1.54, 1.807) is 80.3 Å². The van der Waals surface area contributed by atoms with E-state index < -0.39 is 0 Å². The number of carbonyl (C=O) groups excluding carboxylic acids is 2. The van der Waals surface area contributed by atoms with Gasteiger partial charge in [-0.3, -0.25) is 14.5 Å². The Bertz CT molecular complexity index is 1710. The lowest BCUT2D eigenvalue weighted by Crippen LogP contribution is -2.28. The van der Waals surface area contributed by atoms with Crippen molar-refractivity contribution in [1.82, 2.24) is 4.90 Å². The summed E-state index contributed by atoms with van der Waals surface area (Å²) in [5.74, 6) is 1.04. The number of thioether (sulfide) groups is 1. The molecule has 1 fully saturated rings. The van der Waals surface area contributed by atoms with Gasteiger partial charge in [-0.25, -0.2) is 0 Å². The van der Waals surface area contributed by atoms with Gasteiger partial charge in [0, 0.05) is 26.3 Å². The van der Waals surface area contributed by atoms with Crippen molar-refractivity contribution in [3.63, 3.8) is 0 Å². The van der Waals surface area contributed by atoms with Crippen LogP contribution in [0.5, 0.6) is 11.5 Å². The van der Waals surface area contributed by atoms with Gasteiger partial charge in [0.2, 0.25) is 0 Å². The van der Waals surface area contributed by atoms with Crippen LogP contribution >= 0.6 is 39.3 Å². The summed E-state index contributed by atoms with van der Waals surface area (Å²) in [7, 11) is 1.58. The number of para-hydroxylation sites is 1. The molecule has 43 heavy (non-hydrogen) atoms. The van der Waals surface area contributed by atoms with E-state index in [4.69, 9.17) is 25.5 Å². The summed E-state index contributed by atoms with van der Waals surface area (Å²) >= 11 is 10.6. The van der Waals surface area contributed by atoms with Gasteiger partial charge >= 0.3 is 0 Å². The summed E-state index contributed by atoms with van der Waals surface area (Å²) in [5, 5.41) is 12.3. The predicted molar refractivity (Wildman–Crippen MR) is 173 cm³/mol. The zero-order valence-electron chi connectivity index (χ0n) is 22.7. The number of furan rings is 1. The first-order valence-electron chi connectivity index (χ1n) is 12.8. The van der Waals surface area contributed by atoms with Gasteiger partial charge < -0.3 is 19.2 Å². The molecule has 0 spiro atoms. The van der Waals surface area contributed by atoms with E-state index in [9.17, 15) is 9.59 Å². The van der Waals surface area contributed by atoms with Gasteiger partial charge in [-0.15, -0.1) is 5.10 Å². The number of carbonyl (C=O) groups is 2. The van der Waals surface area contributed by atoms with Gasteiger partial charge in [0.25, 0.3) is 11.8 Å². The molecule has 9 nitrogen and oxygen atoms in total. The molecule has 2 heterocycles. The number of nitrogens with one attached hydrogen (secondary N) is 1. The zero-order valence-corrected chi connectivity index (χ0v) is 25.9. The van der Waals surface area contributed by atoms with E-state index in [2.05, 4.69) is 31.4 Å². The third kappa shape index (κ3) is 7.95. The Morgan fingerprint density at radius 2 is 1.88 bits per heavy atom. The first-order chi connectivity index (χ1) is 20.9. The molecule has 12 heteroatoms. The summed E-state index contributed by atoms with van der Waals surface area (Å²) in [6, 6.07) is 23.0. The minimum atomic E-state index is -0.345. The smallest absolute Gasteiger partial charge is 0.267 e. The van der Waals surface area contributed by atoms with Gasteiger partial charge in [0.05, 0.1) is 31.0 Å². The average molecular weight is 680 g/mol. The number of methoxy groups -OCH3 is 1. The standard InChI is InChI=1S/C31H24BrClN4O5S/c1-40-26-7-3-2-5-20(26)17-34-36-31-37(18-25-6-4-14-41-25)30(39)28(43-31)16-21-15-22(32)8-13-27(21)42-19-29(38)35-24-11-9-23(33)10-12-24/h2-17H,18-19H2,1H3,(H,35,38)/b28-16-,34-17-,36-31+. The number of amides is 2. The third-order valence-corrected chi connectivity index (χ3v) is 7.75. The van der Waals surface area contributed by atoms with Crippen molar-refractivity contribution >= 4 is 74.3 Å². The summed E-state index contributed by atoms with van der Waals surface area (Å²) in [5.41, 5.74) is 1.94. The Hall–Kier alpha value is -4.32. The molecule has 1 aliphatic heterocycles. The highest BCUT2D eigenvalue weighted by atomic mass is 79.9. The quantitative estimate of drug-likeness (QED) is 0.108. The molecule has 0 atom stereocenters. The van der Waals surface area contributed by atoms with Crippen LogP contribution in [0.15, 0.2) is 109 Å². The van der Waals surface area contributed by atoms with Crippen molar-refractivity contribution < 1.29 is 23.5 Å². The summed E-state index contributed by atoms with van der Waals surface area (Å²) < 4.78 is 17.5. The molecule has 218 valence electrons. The van der Waals surface area contributed by atoms with Crippen molar-refractivity contribution in [2.24, 2.45) is 10.2 Å². The number of anilines is 1. The molecule has 2 amide bonds. The minimum absolute atomic E-state index is 0.173. The topological polar surface area (TPSA) is 106 Å². The first kappa shape index (κ1) is 30.1. The summed E-state index contributed by atoms with van der Waals surface area (Å²) in [4.78, 5) is 28.0. The predicted octanol–water partition coefficient (Wildman–Crippen LogP) is 7.23. The van der Waals surface area contributed by atoms with Crippen LogP contribution in [-0.4, -0.2) is 41.8 Å². The highest BCUT2D eigenvalue weighted by Gasteiger charge is 2.34. The highest BCUT2D eigenvalue weighted by Crippen LogP contribution is 2.36. The van der Waals surface area contributed by atoms with E-state index in [1.807, 2.05) is 24.3 Å². The molecule has 0 radical (unpaired) electrons. The van der Waals surface area contributed by atoms with Crippen molar-refractivity contribution in [3.8, 4) is 11.5 Å². The second kappa shape index (κ2) is 14.2. The van der Waals surface area contributed by atoms with Crippen molar-refractivity contribution in [3.05, 3.63) is 116 Å². The Kier molecular flexibility index (Phi) is 9.98. The molecular weight excluding hydrogens is 656 g/mol. The molecular formula is C31H24BrClN4O5S. The minimum Gasteiger partial charge on any atom is -0.496 e. The van der Waals surface area contributed by atoms with Gasteiger partial charge in [-0.1, -0.05) is 39.7 Å². The fourth-order valence-corrected chi connectivity index (χ4v) is 5.40. The number of amidine groups is 1. The van der Waals surface area contributed by atoms with Crippen LogP contribution in [0.25, 0.3) is 6.08 Å². The zero-order chi connectivity index (χ0) is 30.2. The molecule has 1 aromatic heterocycles. The largest absolute Gasteiger partial charge is 0.496 e. The lowest BCUT2D eigenvalue weighted by Gasteiger charge is -2.13. The van der Waals surface area contributed by atoms with Crippen LogP contribution in [0.2, 0.25) is 5.02 Å². The lowest BCUT2D eigenvalue weighted by atomic mass is 10.2. The third-order valence-electron chi connectivity index (χ3n) is 6.01. The lowest BCUT2D eigenvalue weighted by molar-refractivity contribution is -0.122. The molecule has 0 bridgehead atoms. The number of nitrogens with zero attached hydrogens (tertiary/aromatic N) is 3. The Balaban J connectivity index is 1.37. The molecule has 1 aliphatic rings. The Morgan fingerprint density at radius 3 is 2.65 bits per heavy atom. The maximum absolute atomic E-state index is 13.6. The van der Waals surface area contributed by atoms with Gasteiger partial charge in [0.1, 0.15) is 17.3 Å². The molecule has 0 unspecified atom stereocenters. The number of ether oxygens (including phenoxy) is 2. The van der Waals surface area contributed by atoms with Crippen LogP contribution < -0.4 is 14.8 Å². The molecule has 0 saturated carbocycles. The van der Waals surface area contributed by atoms with E-state index >= 15 is 0 Å². The van der Waals surface area contributed by atoms with E-state index in [-0.39, 0.29) is 25.0 Å². The van der Waals surface area contributed by atoms with Crippen molar-refractivity contribution in [2.45, 2.75) is 6.54 Å². The maximum atomic E-state index is 13.6. The molecule has 5 rings (SSSR count). The average Bonchev–Trinajstić information content (AvgIpc) is 3.62. The van der Waals surface area contributed by atoms with Crippen LogP contribution in [-0.2, 0) is 16.1 Å².